The zero-order valence-corrected chi connectivity index (χ0v) is 22.9. The van der Waals surface area contributed by atoms with Gasteiger partial charge in [-0.25, -0.2) is 4.98 Å². The Morgan fingerprint density at radius 2 is 1.07 bits per heavy atom. The molecule has 42 heavy (non-hydrogen) atoms. The number of hydrogen-bond donors (Lipinski definition) is 0. The molecule has 0 bridgehead atoms. The highest BCUT2D eigenvalue weighted by Crippen LogP contribution is 2.45. The van der Waals surface area contributed by atoms with E-state index >= 15 is 0 Å². The number of imidazole rings is 1. The molecule has 0 aliphatic carbocycles. The molecule has 0 N–H and O–H groups in total. The molecule has 0 spiro atoms. The quantitative estimate of drug-likeness (QED) is 0.203. The van der Waals surface area contributed by atoms with Crippen molar-refractivity contribution in [2.24, 2.45) is 0 Å². The molecule has 7 aromatic carbocycles. The first-order valence-corrected chi connectivity index (χ1v) is 14.0. The predicted molar refractivity (Wildman–Crippen MR) is 177 cm³/mol. The van der Waals surface area contributed by atoms with Crippen molar-refractivity contribution in [1.29, 1.82) is 0 Å². The lowest BCUT2D eigenvalue weighted by molar-refractivity contribution is 1.00. The van der Waals surface area contributed by atoms with Crippen LogP contribution < -0.4 is 0 Å². The van der Waals surface area contributed by atoms with Gasteiger partial charge in [0.25, 0.3) is 0 Å². The predicted octanol–water partition coefficient (Wildman–Crippen LogP) is 10.6. The molecule has 8 rings (SSSR count). The summed E-state index contributed by atoms with van der Waals surface area (Å²) in [6.07, 6.45) is 0. The minimum absolute atomic E-state index is 0.201. The fourth-order valence-corrected chi connectivity index (χ4v) is 6.26. The van der Waals surface area contributed by atoms with Crippen LogP contribution in [0.2, 0.25) is 0 Å². The smallest absolute Gasteiger partial charge is 0.111 e. The number of fused-ring (bicyclic) bond motifs is 3. The van der Waals surface area contributed by atoms with Crippen molar-refractivity contribution in [2.45, 2.75) is 6.92 Å². The molecule has 0 fully saturated rings. The fourth-order valence-electron chi connectivity index (χ4n) is 6.26. The van der Waals surface area contributed by atoms with E-state index in [1.807, 2.05) is 49.4 Å². The zero-order valence-electron chi connectivity index (χ0n) is 27.9. The SMILES string of the molecule is [2H]c1c([2H])c([2H])c(-c2ccc(-c3c4ccccc4c(-c4ccccc4-n4c(C)nc5ccccc54)c4ccccc34)cc2)c([2H])c1[2H]. The molecule has 0 saturated carbocycles. The summed E-state index contributed by atoms with van der Waals surface area (Å²) in [7, 11) is 0. The van der Waals surface area contributed by atoms with Crippen molar-refractivity contribution in [3.63, 3.8) is 0 Å². The molecule has 1 aromatic heterocycles. The second-order valence-corrected chi connectivity index (χ2v) is 10.4. The van der Waals surface area contributed by atoms with Crippen LogP contribution in [0.15, 0.2) is 152 Å². The standard InChI is InChI=1S/C40H28N2/c1-27-41-36-20-10-12-22-38(36)42(27)37-21-11-9-19-35(37)40-33-17-7-5-15-31(33)39(32-16-6-8-18-34(32)40)30-25-23-29(24-26-30)28-13-3-2-4-14-28/h2-26H,1H3/i2D,3D,4D,13D,14D. The Labute approximate surface area is 252 Å². The van der Waals surface area contributed by atoms with Crippen LogP contribution in [0.4, 0.5) is 0 Å². The third-order valence-electron chi connectivity index (χ3n) is 8.04. The molecule has 0 aliphatic rings. The second kappa shape index (κ2) is 9.87. The van der Waals surface area contributed by atoms with E-state index in [2.05, 4.69) is 83.4 Å². The number of hydrogen-bond acceptors (Lipinski definition) is 1. The monoisotopic (exact) mass is 541 g/mol. The van der Waals surface area contributed by atoms with Gasteiger partial charge in [-0.15, -0.1) is 0 Å². The largest absolute Gasteiger partial charge is 0.296 e. The molecule has 0 amide bonds. The molecule has 0 radical (unpaired) electrons. The maximum atomic E-state index is 8.46. The van der Waals surface area contributed by atoms with Crippen LogP contribution in [0.1, 0.15) is 12.7 Å². The van der Waals surface area contributed by atoms with Crippen LogP contribution in [0, 0.1) is 6.92 Å². The van der Waals surface area contributed by atoms with E-state index in [4.69, 9.17) is 11.8 Å². The van der Waals surface area contributed by atoms with Gasteiger partial charge in [0.2, 0.25) is 0 Å². The van der Waals surface area contributed by atoms with E-state index in [0.29, 0.717) is 5.56 Å². The summed E-state index contributed by atoms with van der Waals surface area (Å²) >= 11 is 0. The van der Waals surface area contributed by atoms with Gasteiger partial charge in [-0.1, -0.05) is 133 Å². The lowest BCUT2D eigenvalue weighted by atomic mass is 9.85. The average Bonchev–Trinajstić information content (AvgIpc) is 3.44. The van der Waals surface area contributed by atoms with Gasteiger partial charge in [-0.2, -0.15) is 0 Å². The third kappa shape index (κ3) is 3.84. The molecule has 0 saturated heterocycles. The zero-order chi connectivity index (χ0) is 32.4. The first kappa shape index (κ1) is 19.6. The summed E-state index contributed by atoms with van der Waals surface area (Å²) < 4.78 is 43.4. The van der Waals surface area contributed by atoms with Gasteiger partial charge in [0.1, 0.15) is 5.82 Å². The van der Waals surface area contributed by atoms with Gasteiger partial charge in [0.05, 0.1) is 23.6 Å². The minimum Gasteiger partial charge on any atom is -0.296 e. The number of rotatable bonds is 4. The van der Waals surface area contributed by atoms with Gasteiger partial charge in [0, 0.05) is 5.56 Å². The lowest BCUT2D eigenvalue weighted by Crippen LogP contribution is -2.00. The van der Waals surface area contributed by atoms with Gasteiger partial charge in [0.15, 0.2) is 0 Å². The number of para-hydroxylation sites is 3. The molecule has 2 heteroatoms. The molecule has 0 unspecified atom stereocenters. The summed E-state index contributed by atoms with van der Waals surface area (Å²) in [6, 6.07) is 39.9. The van der Waals surface area contributed by atoms with E-state index in [9.17, 15) is 0 Å². The maximum absolute atomic E-state index is 8.46. The Morgan fingerprint density at radius 3 is 1.76 bits per heavy atom. The third-order valence-corrected chi connectivity index (χ3v) is 8.04. The summed E-state index contributed by atoms with van der Waals surface area (Å²) in [5.74, 6) is 0.920. The highest BCUT2D eigenvalue weighted by molar-refractivity contribution is 6.22. The average molecular weight is 542 g/mol. The van der Waals surface area contributed by atoms with Crippen molar-refractivity contribution >= 4 is 32.6 Å². The van der Waals surface area contributed by atoms with Crippen molar-refractivity contribution in [2.75, 3.05) is 0 Å². The molecular formula is C40H28N2. The van der Waals surface area contributed by atoms with E-state index < -0.39 is 6.04 Å². The van der Waals surface area contributed by atoms with E-state index in [1.165, 1.54) is 0 Å². The van der Waals surface area contributed by atoms with Gasteiger partial charge >= 0.3 is 0 Å². The first-order valence-electron chi connectivity index (χ1n) is 16.5. The molecule has 1 heterocycles. The lowest BCUT2D eigenvalue weighted by Gasteiger charge is -2.20. The van der Waals surface area contributed by atoms with E-state index in [-0.39, 0.29) is 29.7 Å². The highest BCUT2D eigenvalue weighted by Gasteiger charge is 2.20. The summed E-state index contributed by atoms with van der Waals surface area (Å²) in [4.78, 5) is 4.87. The number of aromatic nitrogens is 2. The van der Waals surface area contributed by atoms with E-state index in [0.717, 1.165) is 66.3 Å². The van der Waals surface area contributed by atoms with Crippen molar-refractivity contribution in [3.8, 4) is 39.1 Å². The normalized spacial score (nSPS) is 13.1. The number of aryl methyl sites for hydroxylation is 1. The van der Waals surface area contributed by atoms with Crippen LogP contribution in [0.5, 0.6) is 0 Å². The van der Waals surface area contributed by atoms with Crippen LogP contribution in [-0.2, 0) is 0 Å². The van der Waals surface area contributed by atoms with Crippen molar-refractivity contribution < 1.29 is 6.85 Å². The molecule has 0 aliphatic heterocycles. The van der Waals surface area contributed by atoms with E-state index in [1.54, 1.807) is 0 Å². The number of nitrogens with zero attached hydrogens (tertiary/aromatic N) is 2. The van der Waals surface area contributed by atoms with Gasteiger partial charge in [-0.3, -0.25) is 4.57 Å². The van der Waals surface area contributed by atoms with Crippen molar-refractivity contribution in [3.05, 3.63) is 157 Å². The summed E-state index contributed by atoms with van der Waals surface area (Å²) in [5.41, 5.74) is 8.15. The first-order chi connectivity index (χ1) is 22.8. The van der Waals surface area contributed by atoms with Crippen LogP contribution in [0.3, 0.4) is 0 Å². The van der Waals surface area contributed by atoms with Gasteiger partial charge in [-0.05, 0) is 74.5 Å². The van der Waals surface area contributed by atoms with Gasteiger partial charge < -0.3 is 0 Å². The number of benzene rings is 7. The Hall–Kier alpha value is -5.47. The highest BCUT2D eigenvalue weighted by atomic mass is 15.1. The Kier molecular flexibility index (Phi) is 4.60. The molecule has 0 atom stereocenters. The molecular weight excluding hydrogens is 508 g/mol. The maximum Gasteiger partial charge on any atom is 0.111 e. The summed E-state index contributed by atoms with van der Waals surface area (Å²) in [6.45, 7) is 2.05. The topological polar surface area (TPSA) is 17.8 Å². The fraction of sp³-hybridized carbons (Fsp3) is 0.0250. The summed E-state index contributed by atoms with van der Waals surface area (Å²) in [5, 5.41) is 4.42. The van der Waals surface area contributed by atoms with Crippen LogP contribution >= 0.6 is 0 Å². The minimum atomic E-state index is -0.392. The Bertz CT molecular complexity index is 2450. The van der Waals surface area contributed by atoms with Crippen LogP contribution in [-0.4, -0.2) is 9.55 Å². The molecule has 8 aromatic rings. The molecule has 2 nitrogen and oxygen atoms in total. The van der Waals surface area contributed by atoms with Crippen molar-refractivity contribution in [1.82, 2.24) is 9.55 Å². The second-order valence-electron chi connectivity index (χ2n) is 10.4. The van der Waals surface area contributed by atoms with Crippen LogP contribution in [0.25, 0.3) is 71.6 Å². The molecule has 198 valence electrons. The Morgan fingerprint density at radius 1 is 0.524 bits per heavy atom. The Balaban J connectivity index is 1.38.